The Balaban J connectivity index is 1.83. The number of benzene rings is 3. The van der Waals surface area contributed by atoms with Crippen molar-refractivity contribution in [1.29, 1.82) is 0 Å². The van der Waals surface area contributed by atoms with E-state index in [0.717, 1.165) is 6.07 Å². The van der Waals surface area contributed by atoms with E-state index in [1.165, 1.54) is 37.3 Å². The number of hydrogen-bond acceptors (Lipinski definition) is 5. The van der Waals surface area contributed by atoms with Crippen molar-refractivity contribution in [1.82, 2.24) is 9.88 Å². The Hall–Kier alpha value is -4.85. The summed E-state index contributed by atoms with van der Waals surface area (Å²) in [5, 5.41) is 1.41. The van der Waals surface area contributed by atoms with E-state index in [1.807, 2.05) is 0 Å². The highest BCUT2D eigenvalue weighted by Crippen LogP contribution is 2.43. The molecule has 5 rings (SSSR count). The van der Waals surface area contributed by atoms with E-state index in [-0.39, 0.29) is 40.9 Å². The van der Waals surface area contributed by atoms with E-state index >= 15 is 4.39 Å². The number of pyridine rings is 1. The molecule has 1 aliphatic heterocycles. The number of nitrogens with zero attached hydrogens (tertiary/aromatic N) is 1. The van der Waals surface area contributed by atoms with Crippen molar-refractivity contribution < 1.29 is 49.8 Å². The summed E-state index contributed by atoms with van der Waals surface area (Å²) in [6.07, 6.45) is -10.5. The van der Waals surface area contributed by atoms with Crippen LogP contribution < -0.4 is 15.6 Å². The van der Waals surface area contributed by atoms with Crippen LogP contribution in [0.15, 0.2) is 71.7 Å². The molecule has 1 aromatic heterocycles. The molecule has 0 radical (unpaired) electrons. The number of aromatic nitrogens is 1. The lowest BCUT2D eigenvalue weighted by molar-refractivity contribution is -0.144. The zero-order valence-corrected chi connectivity index (χ0v) is 25.7. The van der Waals surface area contributed by atoms with Crippen LogP contribution >= 0.6 is 11.6 Å². The van der Waals surface area contributed by atoms with Crippen LogP contribution in [0.4, 0.5) is 30.7 Å². The Morgan fingerprint density at radius 2 is 1.67 bits per heavy atom. The number of ether oxygens (including phenoxy) is 2. The number of nitrogens with one attached hydrogen (secondary N) is 1. The summed E-state index contributed by atoms with van der Waals surface area (Å²) in [5.74, 6) is -3.95. The van der Waals surface area contributed by atoms with Gasteiger partial charge in [-0.3, -0.25) is 19.0 Å². The Morgan fingerprint density at radius 3 is 2.33 bits per heavy atom. The molecule has 0 saturated carbocycles. The molecule has 0 aliphatic carbocycles. The maximum Gasteiger partial charge on any atom is 0.419 e. The number of amides is 1. The van der Waals surface area contributed by atoms with Crippen LogP contribution in [-0.4, -0.2) is 23.1 Å². The Morgan fingerprint density at radius 1 is 0.979 bits per heavy atom. The van der Waals surface area contributed by atoms with Gasteiger partial charge < -0.3 is 14.8 Å². The van der Waals surface area contributed by atoms with Crippen LogP contribution in [0.2, 0.25) is 5.02 Å². The third-order valence-corrected chi connectivity index (χ3v) is 7.86. The van der Waals surface area contributed by atoms with Gasteiger partial charge in [-0.25, -0.2) is 4.39 Å². The molecule has 4 aromatic rings. The van der Waals surface area contributed by atoms with Gasteiger partial charge in [0.15, 0.2) is 0 Å². The van der Waals surface area contributed by atoms with Crippen LogP contribution in [0, 0.1) is 12.7 Å². The first-order valence-electron chi connectivity index (χ1n) is 14.2. The van der Waals surface area contributed by atoms with Crippen LogP contribution in [0.3, 0.4) is 0 Å². The Labute approximate surface area is 272 Å². The van der Waals surface area contributed by atoms with Crippen molar-refractivity contribution in [3.63, 3.8) is 0 Å². The van der Waals surface area contributed by atoms with Gasteiger partial charge in [0, 0.05) is 23.4 Å². The molecule has 0 spiro atoms. The first-order valence-corrected chi connectivity index (χ1v) is 14.6. The van der Waals surface area contributed by atoms with Crippen molar-refractivity contribution in [2.45, 2.75) is 44.7 Å². The normalized spacial score (nSPS) is 16.4. The van der Waals surface area contributed by atoms with E-state index in [0.29, 0.717) is 22.4 Å². The van der Waals surface area contributed by atoms with Gasteiger partial charge in [0.25, 0.3) is 5.56 Å². The molecule has 7 nitrogen and oxygen atoms in total. The number of carbonyl (C=O) groups excluding carboxylic acids is 2. The van der Waals surface area contributed by atoms with E-state index in [4.69, 9.17) is 21.1 Å². The number of esters is 1. The quantitative estimate of drug-likeness (QED) is 0.172. The molecule has 15 heteroatoms. The summed E-state index contributed by atoms with van der Waals surface area (Å²) in [6, 6.07) is 8.23. The summed E-state index contributed by atoms with van der Waals surface area (Å²) >= 11 is 5.91. The van der Waals surface area contributed by atoms with E-state index in [9.17, 15) is 40.7 Å². The fourth-order valence-electron chi connectivity index (χ4n) is 5.48. The molecule has 0 fully saturated rings. The number of halogens is 8. The van der Waals surface area contributed by atoms with E-state index in [2.05, 4.69) is 5.32 Å². The predicted octanol–water partition coefficient (Wildman–Crippen LogP) is 8.16. The number of rotatable bonds is 4. The van der Waals surface area contributed by atoms with Gasteiger partial charge in [0.2, 0.25) is 5.91 Å². The molecule has 2 heterocycles. The van der Waals surface area contributed by atoms with Crippen molar-refractivity contribution in [3.05, 3.63) is 116 Å². The van der Waals surface area contributed by atoms with Crippen molar-refractivity contribution >= 4 is 23.5 Å². The summed E-state index contributed by atoms with van der Waals surface area (Å²) in [6.45, 7) is 2.88. The molecule has 1 aliphatic rings. The standard InChI is InChI=1S/C33H24ClF7N2O5/c1-3-47-27(45)14-24-20-11-18(12-22(29(20)35)33(39,40)41)28-16(2)6-4-9-25(28)48-19-8-5-7-17(10-19)30(31(46)42-24)43-15-23(34)21(13-26(43)44)32(36,37)38/h4-13,15,24,30H,3,14H2,1-2H3,(H,42,46)/t24-,30?/m0/s1. The van der Waals surface area contributed by atoms with Gasteiger partial charge in [-0.15, -0.1) is 0 Å². The van der Waals surface area contributed by atoms with E-state index in [1.54, 1.807) is 19.1 Å². The summed E-state index contributed by atoms with van der Waals surface area (Å²) < 4.78 is 111. The Kier molecular flexibility index (Phi) is 9.33. The number of alkyl halides is 6. The van der Waals surface area contributed by atoms with Crippen molar-refractivity contribution in [3.8, 4) is 22.6 Å². The molecule has 2 atom stereocenters. The first-order chi connectivity index (χ1) is 22.5. The van der Waals surface area contributed by atoms with Crippen LogP contribution in [-0.2, 0) is 26.7 Å². The maximum atomic E-state index is 15.9. The molecule has 48 heavy (non-hydrogen) atoms. The summed E-state index contributed by atoms with van der Waals surface area (Å²) in [7, 11) is 0. The van der Waals surface area contributed by atoms with Gasteiger partial charge in [0.05, 0.1) is 35.2 Å². The third-order valence-electron chi connectivity index (χ3n) is 7.56. The SMILES string of the molecule is CCOC(=O)C[C@@H]1NC(=O)C(n2cc(Cl)c(C(F)(F)F)cc2=O)c2cccc(c2)Oc2cccc(C)c2-c2cc1c(F)c(C(F)(F)F)c2. The fourth-order valence-corrected chi connectivity index (χ4v) is 5.74. The minimum Gasteiger partial charge on any atom is -0.466 e. The monoisotopic (exact) mass is 696 g/mol. The number of aryl methyl sites for hydroxylation is 1. The molecule has 0 saturated heterocycles. The molecular weight excluding hydrogens is 673 g/mol. The Bertz CT molecular complexity index is 1970. The van der Waals surface area contributed by atoms with Crippen LogP contribution in [0.25, 0.3) is 11.1 Å². The van der Waals surface area contributed by atoms with Crippen LogP contribution in [0.1, 0.15) is 53.2 Å². The fraction of sp³-hybridized carbons (Fsp3) is 0.242. The van der Waals surface area contributed by atoms with E-state index < -0.39 is 75.8 Å². The second kappa shape index (κ2) is 13.0. The highest BCUT2D eigenvalue weighted by molar-refractivity contribution is 6.31. The van der Waals surface area contributed by atoms with Gasteiger partial charge in [0.1, 0.15) is 23.4 Å². The highest BCUT2D eigenvalue weighted by Gasteiger charge is 2.39. The molecule has 1 N–H and O–H groups in total. The molecule has 1 amide bonds. The van der Waals surface area contributed by atoms with Gasteiger partial charge >= 0.3 is 18.3 Å². The molecule has 4 bridgehead atoms. The van der Waals surface area contributed by atoms with Gasteiger partial charge in [-0.2, -0.15) is 26.3 Å². The average Bonchev–Trinajstić information content (AvgIpc) is 2.98. The second-order valence-electron chi connectivity index (χ2n) is 10.8. The van der Waals surface area contributed by atoms with Crippen molar-refractivity contribution in [2.24, 2.45) is 0 Å². The van der Waals surface area contributed by atoms with Crippen LogP contribution in [0.5, 0.6) is 11.5 Å². The predicted molar refractivity (Wildman–Crippen MR) is 159 cm³/mol. The largest absolute Gasteiger partial charge is 0.466 e. The van der Waals surface area contributed by atoms with Crippen molar-refractivity contribution in [2.75, 3.05) is 6.61 Å². The first kappa shape index (κ1) is 34.5. The number of fused-ring (bicyclic) bond motifs is 6. The lowest BCUT2D eigenvalue weighted by Gasteiger charge is -2.26. The zero-order valence-electron chi connectivity index (χ0n) is 24.9. The third kappa shape index (κ3) is 6.89. The highest BCUT2D eigenvalue weighted by atomic mass is 35.5. The zero-order chi connectivity index (χ0) is 35.1. The minimum absolute atomic E-state index is 0.0314. The lowest BCUT2D eigenvalue weighted by atomic mass is 9.91. The average molecular weight is 697 g/mol. The molecular formula is C33H24ClF7N2O5. The summed E-state index contributed by atoms with van der Waals surface area (Å²) in [5.41, 5.74) is -4.88. The topological polar surface area (TPSA) is 86.6 Å². The van der Waals surface area contributed by atoms with Gasteiger partial charge in [-0.1, -0.05) is 35.9 Å². The lowest BCUT2D eigenvalue weighted by Crippen LogP contribution is -2.40. The molecule has 252 valence electrons. The molecule has 3 aromatic carbocycles. The number of hydrogen-bond donors (Lipinski definition) is 1. The smallest absolute Gasteiger partial charge is 0.419 e. The minimum atomic E-state index is -5.23. The second-order valence-corrected chi connectivity index (χ2v) is 11.2. The van der Waals surface area contributed by atoms with Gasteiger partial charge in [-0.05, 0) is 60.9 Å². The molecule has 1 unspecified atom stereocenters. The number of carbonyl (C=O) groups is 2. The maximum absolute atomic E-state index is 15.9. The summed E-state index contributed by atoms with van der Waals surface area (Å²) in [4.78, 5) is 39.9.